The number of aliphatic hydroxyl groups is 1. The number of aliphatic hydroxyl groups excluding tert-OH is 1. The fourth-order valence-corrected chi connectivity index (χ4v) is 6.55. The van der Waals surface area contributed by atoms with Gasteiger partial charge in [-0.05, 0) is 34.9 Å². The lowest BCUT2D eigenvalue weighted by atomic mass is 9.92. The average Bonchev–Trinajstić information content (AvgIpc) is 3.41. The van der Waals surface area contributed by atoms with Gasteiger partial charge < -0.3 is 10.0 Å². The van der Waals surface area contributed by atoms with Crippen LogP contribution in [0.4, 0.5) is 0 Å². The van der Waals surface area contributed by atoms with E-state index in [1.807, 2.05) is 24.3 Å². The van der Waals surface area contributed by atoms with Gasteiger partial charge in [-0.2, -0.15) is 0 Å². The van der Waals surface area contributed by atoms with E-state index in [9.17, 15) is 23.1 Å². The molecular weight excluding hydrogens is 422 g/mol. The highest BCUT2D eigenvalue weighted by Gasteiger charge is 2.49. The molecule has 0 radical (unpaired) electrons. The highest BCUT2D eigenvalue weighted by atomic mass is 32.2. The SMILES string of the molecule is CC(C)c1ccc([C@@H]2C(C(=O)c3cccs3)=C(O)C(=O)N2[C@@H]2CCS(=O)(=O)C2)cc1. The summed E-state index contributed by atoms with van der Waals surface area (Å²) in [5.41, 5.74) is 1.81. The second kappa shape index (κ2) is 7.67. The molecule has 1 aromatic carbocycles. The second-order valence-electron chi connectivity index (χ2n) is 8.06. The first-order valence-electron chi connectivity index (χ1n) is 9.84. The number of rotatable bonds is 5. The third-order valence-corrected chi connectivity index (χ3v) is 8.37. The Morgan fingerprint density at radius 2 is 1.90 bits per heavy atom. The Bertz CT molecular complexity index is 1110. The van der Waals surface area contributed by atoms with Crippen molar-refractivity contribution in [2.24, 2.45) is 0 Å². The maximum Gasteiger partial charge on any atom is 0.290 e. The van der Waals surface area contributed by atoms with E-state index in [2.05, 4.69) is 13.8 Å². The van der Waals surface area contributed by atoms with Crippen LogP contribution in [-0.4, -0.2) is 47.7 Å². The molecule has 4 rings (SSSR count). The van der Waals surface area contributed by atoms with Gasteiger partial charge in [0.05, 0.1) is 28.0 Å². The number of amides is 1. The molecule has 2 aliphatic rings. The van der Waals surface area contributed by atoms with Crippen molar-refractivity contribution in [2.75, 3.05) is 11.5 Å². The van der Waals surface area contributed by atoms with Gasteiger partial charge in [-0.15, -0.1) is 11.3 Å². The van der Waals surface area contributed by atoms with E-state index >= 15 is 0 Å². The first-order chi connectivity index (χ1) is 14.2. The first-order valence-corrected chi connectivity index (χ1v) is 12.5. The molecule has 1 amide bonds. The lowest BCUT2D eigenvalue weighted by molar-refractivity contribution is -0.131. The summed E-state index contributed by atoms with van der Waals surface area (Å²) in [6, 6.07) is 9.58. The summed E-state index contributed by atoms with van der Waals surface area (Å²) < 4.78 is 24.1. The van der Waals surface area contributed by atoms with Gasteiger partial charge in [0.1, 0.15) is 0 Å². The average molecular weight is 446 g/mol. The molecule has 158 valence electrons. The van der Waals surface area contributed by atoms with Crippen LogP contribution in [0.2, 0.25) is 0 Å². The second-order valence-corrected chi connectivity index (χ2v) is 11.2. The third-order valence-electron chi connectivity index (χ3n) is 5.75. The van der Waals surface area contributed by atoms with Gasteiger partial charge in [0.15, 0.2) is 15.6 Å². The first kappa shape index (κ1) is 20.8. The minimum absolute atomic E-state index is 0.00454. The van der Waals surface area contributed by atoms with Gasteiger partial charge in [-0.25, -0.2) is 8.42 Å². The molecule has 1 N–H and O–H groups in total. The number of benzene rings is 1. The van der Waals surface area contributed by atoms with E-state index in [0.29, 0.717) is 22.8 Å². The molecule has 0 saturated carbocycles. The molecule has 2 aliphatic heterocycles. The molecular formula is C22H23NO5S2. The normalized spacial score (nSPS) is 23.6. The molecule has 1 fully saturated rings. The number of Topliss-reactive ketones (excluding diaryl/α,β-unsaturated/α-hetero) is 1. The molecule has 0 spiro atoms. The predicted octanol–water partition coefficient (Wildman–Crippen LogP) is 3.64. The van der Waals surface area contributed by atoms with Crippen LogP contribution in [0.25, 0.3) is 0 Å². The van der Waals surface area contributed by atoms with E-state index in [0.717, 1.165) is 5.56 Å². The zero-order valence-corrected chi connectivity index (χ0v) is 18.4. The van der Waals surface area contributed by atoms with E-state index in [1.54, 1.807) is 17.5 Å². The van der Waals surface area contributed by atoms with Gasteiger partial charge in [0, 0.05) is 6.04 Å². The molecule has 1 aromatic heterocycles. The summed E-state index contributed by atoms with van der Waals surface area (Å²) in [7, 11) is -3.26. The zero-order valence-electron chi connectivity index (χ0n) is 16.7. The molecule has 30 heavy (non-hydrogen) atoms. The van der Waals surface area contributed by atoms with Crippen LogP contribution in [0.15, 0.2) is 53.1 Å². The minimum Gasteiger partial charge on any atom is -0.503 e. The van der Waals surface area contributed by atoms with Crippen LogP contribution in [0.3, 0.4) is 0 Å². The van der Waals surface area contributed by atoms with Crippen molar-refractivity contribution in [1.82, 2.24) is 4.90 Å². The smallest absolute Gasteiger partial charge is 0.290 e. The Balaban J connectivity index is 1.81. The van der Waals surface area contributed by atoms with Crippen molar-refractivity contribution in [3.05, 3.63) is 69.1 Å². The minimum atomic E-state index is -3.26. The van der Waals surface area contributed by atoms with Gasteiger partial charge in [-0.3, -0.25) is 9.59 Å². The number of nitrogens with zero attached hydrogens (tertiary/aromatic N) is 1. The largest absolute Gasteiger partial charge is 0.503 e. The maximum absolute atomic E-state index is 13.2. The van der Waals surface area contributed by atoms with Crippen molar-refractivity contribution in [3.63, 3.8) is 0 Å². The van der Waals surface area contributed by atoms with Crippen molar-refractivity contribution in [1.29, 1.82) is 0 Å². The zero-order chi connectivity index (χ0) is 21.6. The highest BCUT2D eigenvalue weighted by Crippen LogP contribution is 2.42. The standard InChI is InChI=1S/C22H23NO5S2/c1-13(2)14-5-7-15(8-6-14)19-18(20(24)17-4-3-10-29-17)21(25)22(26)23(19)16-9-11-30(27,28)12-16/h3-8,10,13,16,19,25H,9,11-12H2,1-2H3/t16-,19-/m1/s1. The van der Waals surface area contributed by atoms with E-state index in [4.69, 9.17) is 0 Å². The summed E-state index contributed by atoms with van der Waals surface area (Å²) in [6.07, 6.45) is 0.294. The lowest BCUT2D eigenvalue weighted by Gasteiger charge is -2.31. The van der Waals surface area contributed by atoms with Gasteiger partial charge in [0.2, 0.25) is 5.78 Å². The van der Waals surface area contributed by atoms with Gasteiger partial charge >= 0.3 is 0 Å². The Morgan fingerprint density at radius 1 is 1.20 bits per heavy atom. The molecule has 2 atom stereocenters. The topological polar surface area (TPSA) is 91.8 Å². The fourth-order valence-electron chi connectivity index (χ4n) is 4.16. The van der Waals surface area contributed by atoms with Crippen LogP contribution in [-0.2, 0) is 14.6 Å². The lowest BCUT2D eigenvalue weighted by Crippen LogP contribution is -2.41. The molecule has 0 bridgehead atoms. The highest BCUT2D eigenvalue weighted by molar-refractivity contribution is 7.91. The number of ketones is 1. The molecule has 2 aromatic rings. The monoisotopic (exact) mass is 445 g/mol. The number of hydrogen-bond donors (Lipinski definition) is 1. The van der Waals surface area contributed by atoms with Gasteiger partial charge in [0.25, 0.3) is 5.91 Å². The van der Waals surface area contributed by atoms with Gasteiger partial charge in [-0.1, -0.05) is 44.2 Å². The summed E-state index contributed by atoms with van der Waals surface area (Å²) in [5, 5.41) is 12.4. The molecule has 0 aliphatic carbocycles. The Hall–Kier alpha value is -2.45. The van der Waals surface area contributed by atoms with E-state index in [-0.39, 0.29) is 17.1 Å². The van der Waals surface area contributed by atoms with E-state index in [1.165, 1.54) is 16.2 Å². The third kappa shape index (κ3) is 3.58. The number of sulfone groups is 1. The molecule has 1 saturated heterocycles. The molecule has 0 unspecified atom stereocenters. The van der Waals surface area contributed by atoms with Crippen molar-refractivity contribution >= 4 is 32.9 Å². The Morgan fingerprint density at radius 3 is 2.43 bits per heavy atom. The van der Waals surface area contributed by atoms with Crippen molar-refractivity contribution < 1.29 is 23.1 Å². The predicted molar refractivity (Wildman–Crippen MR) is 115 cm³/mol. The van der Waals surface area contributed by atoms with Crippen LogP contribution in [0, 0.1) is 0 Å². The molecule has 8 heteroatoms. The molecule has 3 heterocycles. The summed E-state index contributed by atoms with van der Waals surface area (Å²) in [4.78, 5) is 28.0. The number of hydrogen-bond acceptors (Lipinski definition) is 6. The summed E-state index contributed by atoms with van der Waals surface area (Å²) >= 11 is 1.24. The van der Waals surface area contributed by atoms with Crippen LogP contribution in [0.5, 0.6) is 0 Å². The summed E-state index contributed by atoms with van der Waals surface area (Å²) in [6.45, 7) is 4.14. The fraction of sp³-hybridized carbons (Fsp3) is 0.364. The van der Waals surface area contributed by atoms with Crippen molar-refractivity contribution in [3.8, 4) is 0 Å². The number of carbonyl (C=O) groups excluding carboxylic acids is 2. The quantitative estimate of drug-likeness (QED) is 0.710. The number of carbonyl (C=O) groups is 2. The van der Waals surface area contributed by atoms with Crippen molar-refractivity contribution in [2.45, 2.75) is 38.3 Å². The molecule has 6 nitrogen and oxygen atoms in total. The maximum atomic E-state index is 13.2. The van der Waals surface area contributed by atoms with Crippen LogP contribution in [0.1, 0.15) is 53.0 Å². The van der Waals surface area contributed by atoms with Crippen LogP contribution >= 0.6 is 11.3 Å². The number of thiophene rings is 1. The Labute approximate surface area is 179 Å². The summed E-state index contributed by atoms with van der Waals surface area (Å²) in [5.74, 6) is -1.53. The van der Waals surface area contributed by atoms with E-state index < -0.39 is 39.4 Å². The Kier molecular flexibility index (Phi) is 5.32. The van der Waals surface area contributed by atoms with Crippen LogP contribution < -0.4 is 0 Å².